The summed E-state index contributed by atoms with van der Waals surface area (Å²) in [5.74, 6) is -0.0897. The van der Waals surface area contributed by atoms with E-state index in [1.165, 1.54) is 18.2 Å². The summed E-state index contributed by atoms with van der Waals surface area (Å²) in [7, 11) is -3.77. The fraction of sp³-hybridized carbons (Fsp3) is 0.0769. The monoisotopic (exact) mass is 297 g/mol. The van der Waals surface area contributed by atoms with Crippen molar-refractivity contribution in [1.82, 2.24) is 0 Å². The molecule has 0 atom stereocenters. The predicted octanol–water partition coefficient (Wildman–Crippen LogP) is 3.15. The van der Waals surface area contributed by atoms with Crippen LogP contribution in [0.25, 0.3) is 0 Å². The first kappa shape index (κ1) is 13.7. The van der Waals surface area contributed by atoms with E-state index in [4.69, 9.17) is 11.6 Å². The van der Waals surface area contributed by atoms with Crippen LogP contribution in [0.4, 0.5) is 5.69 Å². The van der Waals surface area contributed by atoms with Gasteiger partial charge >= 0.3 is 0 Å². The number of rotatable bonds is 3. The molecular formula is C13H12ClNO3S. The van der Waals surface area contributed by atoms with Crippen molar-refractivity contribution < 1.29 is 13.5 Å². The second-order valence-electron chi connectivity index (χ2n) is 4.03. The Morgan fingerprint density at radius 1 is 1.16 bits per heavy atom. The summed E-state index contributed by atoms with van der Waals surface area (Å²) in [6.07, 6.45) is 0. The maximum absolute atomic E-state index is 12.1. The summed E-state index contributed by atoms with van der Waals surface area (Å²) < 4.78 is 26.6. The van der Waals surface area contributed by atoms with Crippen molar-refractivity contribution in [3.8, 4) is 5.75 Å². The van der Waals surface area contributed by atoms with Crippen LogP contribution in [0.15, 0.2) is 47.4 Å². The van der Waals surface area contributed by atoms with Crippen molar-refractivity contribution in [2.75, 3.05) is 4.72 Å². The first-order valence-electron chi connectivity index (χ1n) is 5.47. The minimum absolute atomic E-state index is 0.0425. The second-order valence-corrected chi connectivity index (χ2v) is 6.15. The number of halogens is 1. The molecule has 2 N–H and O–H groups in total. The zero-order chi connectivity index (χ0) is 14.0. The highest BCUT2D eigenvalue weighted by molar-refractivity contribution is 7.92. The number of anilines is 1. The summed E-state index contributed by atoms with van der Waals surface area (Å²) in [5, 5.41) is 10.1. The minimum Gasteiger partial charge on any atom is -0.505 e. The Morgan fingerprint density at radius 3 is 2.53 bits per heavy atom. The number of hydrogen-bond donors (Lipinski definition) is 2. The topological polar surface area (TPSA) is 66.4 Å². The summed E-state index contributed by atoms with van der Waals surface area (Å²) in [6.45, 7) is 1.69. The molecule has 0 bridgehead atoms. The lowest BCUT2D eigenvalue weighted by Gasteiger charge is -2.11. The fourth-order valence-electron chi connectivity index (χ4n) is 1.58. The normalized spacial score (nSPS) is 11.3. The van der Waals surface area contributed by atoms with Gasteiger partial charge < -0.3 is 5.11 Å². The lowest BCUT2D eigenvalue weighted by atomic mass is 10.2. The number of para-hydroxylation sites is 1. The van der Waals surface area contributed by atoms with Crippen LogP contribution in [-0.2, 0) is 10.0 Å². The van der Waals surface area contributed by atoms with Crippen LogP contribution < -0.4 is 4.72 Å². The SMILES string of the molecule is Cc1cccc(NS(=O)(=O)c2cccc(Cl)c2)c1O. The van der Waals surface area contributed by atoms with E-state index >= 15 is 0 Å². The third-order valence-corrected chi connectivity index (χ3v) is 4.19. The number of aryl methyl sites for hydroxylation is 1. The van der Waals surface area contributed by atoms with E-state index in [9.17, 15) is 13.5 Å². The summed E-state index contributed by atoms with van der Waals surface area (Å²) in [4.78, 5) is 0.0425. The second kappa shape index (κ2) is 5.11. The van der Waals surface area contributed by atoms with Gasteiger partial charge in [0.1, 0.15) is 5.75 Å². The quantitative estimate of drug-likeness (QED) is 0.855. The number of hydrogen-bond acceptors (Lipinski definition) is 3. The highest BCUT2D eigenvalue weighted by atomic mass is 35.5. The van der Waals surface area contributed by atoms with Crippen LogP contribution in [0, 0.1) is 6.92 Å². The van der Waals surface area contributed by atoms with Crippen molar-refractivity contribution in [2.45, 2.75) is 11.8 Å². The van der Waals surface area contributed by atoms with Gasteiger partial charge in [-0.05, 0) is 36.8 Å². The predicted molar refractivity (Wildman–Crippen MR) is 75.1 cm³/mol. The van der Waals surface area contributed by atoms with Gasteiger partial charge in [0, 0.05) is 5.02 Å². The molecule has 4 nitrogen and oxygen atoms in total. The maximum Gasteiger partial charge on any atom is 0.262 e. The Balaban J connectivity index is 2.39. The Bertz CT molecular complexity index is 714. The highest BCUT2D eigenvalue weighted by Gasteiger charge is 2.16. The van der Waals surface area contributed by atoms with E-state index in [0.717, 1.165) is 0 Å². The summed E-state index contributed by atoms with van der Waals surface area (Å²) >= 11 is 5.77. The summed E-state index contributed by atoms with van der Waals surface area (Å²) in [6, 6.07) is 10.7. The third kappa shape index (κ3) is 3.00. The van der Waals surface area contributed by atoms with Gasteiger partial charge in [0.05, 0.1) is 10.6 Å². The van der Waals surface area contributed by atoms with Crippen LogP contribution >= 0.6 is 11.6 Å². The highest BCUT2D eigenvalue weighted by Crippen LogP contribution is 2.29. The molecule has 0 fully saturated rings. The van der Waals surface area contributed by atoms with E-state index in [1.54, 1.807) is 31.2 Å². The average Bonchev–Trinajstić information content (AvgIpc) is 2.35. The Kier molecular flexibility index (Phi) is 3.68. The van der Waals surface area contributed by atoms with E-state index in [2.05, 4.69) is 4.72 Å². The van der Waals surface area contributed by atoms with Gasteiger partial charge in [0.15, 0.2) is 0 Å². The minimum atomic E-state index is -3.77. The molecule has 2 aromatic carbocycles. The Morgan fingerprint density at radius 2 is 1.84 bits per heavy atom. The summed E-state index contributed by atoms with van der Waals surface area (Å²) in [5.41, 5.74) is 0.728. The van der Waals surface area contributed by atoms with Crippen molar-refractivity contribution in [1.29, 1.82) is 0 Å². The number of phenols is 1. The van der Waals surface area contributed by atoms with Gasteiger partial charge in [-0.25, -0.2) is 8.42 Å². The molecule has 0 unspecified atom stereocenters. The van der Waals surface area contributed by atoms with Gasteiger partial charge in [0.25, 0.3) is 10.0 Å². The Hall–Kier alpha value is -1.72. The molecule has 0 saturated heterocycles. The number of phenolic OH excluding ortho intramolecular Hbond substituents is 1. The molecule has 0 aliphatic rings. The van der Waals surface area contributed by atoms with Gasteiger partial charge in [-0.15, -0.1) is 0 Å². The first-order chi connectivity index (χ1) is 8.90. The van der Waals surface area contributed by atoms with Gasteiger partial charge in [0.2, 0.25) is 0 Å². The molecule has 2 aromatic rings. The number of nitrogens with one attached hydrogen (secondary N) is 1. The van der Waals surface area contributed by atoms with Crippen molar-refractivity contribution in [3.05, 3.63) is 53.1 Å². The van der Waals surface area contributed by atoms with Crippen molar-refractivity contribution in [2.24, 2.45) is 0 Å². The lowest BCUT2D eigenvalue weighted by Crippen LogP contribution is -2.13. The molecule has 0 saturated carbocycles. The van der Waals surface area contributed by atoms with Crippen LogP contribution in [0.2, 0.25) is 5.02 Å². The van der Waals surface area contributed by atoms with E-state index in [1.807, 2.05) is 0 Å². The van der Waals surface area contributed by atoms with Crippen molar-refractivity contribution in [3.63, 3.8) is 0 Å². The largest absolute Gasteiger partial charge is 0.505 e. The van der Waals surface area contributed by atoms with E-state index < -0.39 is 10.0 Å². The Labute approximate surface area is 116 Å². The van der Waals surface area contributed by atoms with Gasteiger partial charge in [-0.3, -0.25) is 4.72 Å². The zero-order valence-corrected chi connectivity index (χ0v) is 11.7. The van der Waals surface area contributed by atoms with Crippen LogP contribution in [0.1, 0.15) is 5.56 Å². The van der Waals surface area contributed by atoms with Gasteiger partial charge in [-0.1, -0.05) is 29.8 Å². The molecule has 2 rings (SSSR count). The molecule has 0 aliphatic carbocycles. The number of aromatic hydroxyl groups is 1. The van der Waals surface area contributed by atoms with E-state index in [0.29, 0.717) is 10.6 Å². The fourth-order valence-corrected chi connectivity index (χ4v) is 2.95. The van der Waals surface area contributed by atoms with E-state index in [-0.39, 0.29) is 16.3 Å². The smallest absolute Gasteiger partial charge is 0.262 e. The average molecular weight is 298 g/mol. The molecule has 19 heavy (non-hydrogen) atoms. The standard InChI is InChI=1S/C13H12ClNO3S/c1-9-4-2-7-12(13(9)16)15-19(17,18)11-6-3-5-10(14)8-11/h2-8,15-16H,1H3. The maximum atomic E-state index is 12.1. The molecule has 0 heterocycles. The number of benzene rings is 2. The lowest BCUT2D eigenvalue weighted by molar-refractivity contribution is 0.473. The molecule has 100 valence electrons. The van der Waals surface area contributed by atoms with Gasteiger partial charge in [-0.2, -0.15) is 0 Å². The van der Waals surface area contributed by atoms with Crippen LogP contribution in [0.3, 0.4) is 0 Å². The molecule has 6 heteroatoms. The zero-order valence-electron chi connectivity index (χ0n) is 10.1. The third-order valence-electron chi connectivity index (χ3n) is 2.59. The molecule has 0 aliphatic heterocycles. The molecule has 0 spiro atoms. The van der Waals surface area contributed by atoms with Crippen LogP contribution in [0.5, 0.6) is 5.75 Å². The molecular weight excluding hydrogens is 286 g/mol. The number of sulfonamides is 1. The molecule has 0 amide bonds. The first-order valence-corrected chi connectivity index (χ1v) is 7.33. The molecule has 0 aromatic heterocycles. The molecule has 0 radical (unpaired) electrons. The van der Waals surface area contributed by atoms with Crippen molar-refractivity contribution >= 4 is 27.3 Å². The van der Waals surface area contributed by atoms with Crippen LogP contribution in [-0.4, -0.2) is 13.5 Å².